The molecule has 0 aliphatic heterocycles. The summed E-state index contributed by atoms with van der Waals surface area (Å²) in [4.78, 5) is 10.7. The molecule has 0 N–H and O–H groups in total. The molecule has 0 radical (unpaired) electrons. The first-order valence-corrected chi connectivity index (χ1v) is 20.2. The molecular formula is C56H35N3. The van der Waals surface area contributed by atoms with Crippen LogP contribution in [0.4, 0.5) is 0 Å². The SMILES string of the molecule is c1ccc(-c2nc(-c3ccc(-c4c5ccccc5cc5c4ccc4ccccc45)c4ccccc34)cc(-c3cccc4c5ccccc5n(-c5ccccc5)c34)n2)cc1. The molecule has 0 bridgehead atoms. The Kier molecular flexibility index (Phi) is 7.54. The van der Waals surface area contributed by atoms with Crippen molar-refractivity contribution in [3.63, 3.8) is 0 Å². The minimum atomic E-state index is 0.692. The number of fused-ring (bicyclic) bond motifs is 8. The molecule has 3 nitrogen and oxygen atoms in total. The van der Waals surface area contributed by atoms with E-state index < -0.39 is 0 Å². The third kappa shape index (κ3) is 5.29. The van der Waals surface area contributed by atoms with Gasteiger partial charge < -0.3 is 4.57 Å². The van der Waals surface area contributed by atoms with E-state index in [1.165, 1.54) is 59.6 Å². The molecule has 0 unspecified atom stereocenters. The van der Waals surface area contributed by atoms with Crippen LogP contribution in [0.15, 0.2) is 212 Å². The maximum Gasteiger partial charge on any atom is 0.160 e. The van der Waals surface area contributed by atoms with E-state index in [0.29, 0.717) is 5.82 Å². The van der Waals surface area contributed by atoms with Crippen molar-refractivity contribution in [2.75, 3.05) is 0 Å². The van der Waals surface area contributed by atoms with Crippen molar-refractivity contribution in [3.05, 3.63) is 212 Å². The Morgan fingerprint density at radius 2 is 0.915 bits per heavy atom. The van der Waals surface area contributed by atoms with E-state index in [2.05, 4.69) is 211 Å². The molecule has 0 aliphatic rings. The highest BCUT2D eigenvalue weighted by Gasteiger charge is 2.21. The quantitative estimate of drug-likeness (QED) is 0.130. The largest absolute Gasteiger partial charge is 0.309 e. The lowest BCUT2D eigenvalue weighted by Gasteiger charge is -2.18. The van der Waals surface area contributed by atoms with Crippen LogP contribution < -0.4 is 0 Å². The predicted molar refractivity (Wildman–Crippen MR) is 248 cm³/mol. The third-order valence-electron chi connectivity index (χ3n) is 12.0. The van der Waals surface area contributed by atoms with E-state index >= 15 is 0 Å². The van der Waals surface area contributed by atoms with Gasteiger partial charge in [0.1, 0.15) is 0 Å². The minimum absolute atomic E-state index is 0.692. The molecule has 3 heteroatoms. The number of para-hydroxylation sites is 3. The van der Waals surface area contributed by atoms with Crippen molar-refractivity contribution in [2.45, 2.75) is 0 Å². The number of aromatic nitrogens is 3. The van der Waals surface area contributed by atoms with E-state index in [1.807, 2.05) is 6.07 Å². The number of benzene rings is 10. The Bertz CT molecular complexity index is 3600. The summed E-state index contributed by atoms with van der Waals surface area (Å²) in [5.41, 5.74) is 10.7. The lowest BCUT2D eigenvalue weighted by atomic mass is 9.86. The van der Waals surface area contributed by atoms with E-state index in [1.54, 1.807) is 0 Å². The lowest BCUT2D eigenvalue weighted by molar-refractivity contribution is 1.16. The summed E-state index contributed by atoms with van der Waals surface area (Å²) in [6, 6.07) is 76.3. The van der Waals surface area contributed by atoms with E-state index in [9.17, 15) is 0 Å². The molecule has 0 saturated carbocycles. The molecule has 10 aromatic carbocycles. The molecule has 2 heterocycles. The first-order valence-electron chi connectivity index (χ1n) is 20.2. The molecule has 0 aliphatic carbocycles. The fourth-order valence-corrected chi connectivity index (χ4v) is 9.36. The first-order chi connectivity index (χ1) is 29.3. The summed E-state index contributed by atoms with van der Waals surface area (Å²) in [7, 11) is 0. The van der Waals surface area contributed by atoms with Crippen LogP contribution in [0.25, 0.3) is 116 Å². The van der Waals surface area contributed by atoms with Gasteiger partial charge in [0.05, 0.1) is 22.4 Å². The average Bonchev–Trinajstić information content (AvgIpc) is 3.65. The summed E-state index contributed by atoms with van der Waals surface area (Å²) >= 11 is 0. The monoisotopic (exact) mass is 749 g/mol. The van der Waals surface area contributed by atoms with Gasteiger partial charge in [0.25, 0.3) is 0 Å². The fourth-order valence-electron chi connectivity index (χ4n) is 9.36. The van der Waals surface area contributed by atoms with Crippen LogP contribution in [0.1, 0.15) is 0 Å². The van der Waals surface area contributed by atoms with Crippen LogP contribution in [-0.2, 0) is 0 Å². The third-order valence-corrected chi connectivity index (χ3v) is 12.0. The number of nitrogens with zero attached hydrogens (tertiary/aromatic N) is 3. The topological polar surface area (TPSA) is 30.7 Å². The van der Waals surface area contributed by atoms with Gasteiger partial charge >= 0.3 is 0 Å². The van der Waals surface area contributed by atoms with Crippen LogP contribution in [0.5, 0.6) is 0 Å². The van der Waals surface area contributed by atoms with Crippen LogP contribution >= 0.6 is 0 Å². The smallest absolute Gasteiger partial charge is 0.160 e. The predicted octanol–water partition coefficient (Wildman–Crippen LogP) is 14.9. The molecule has 12 rings (SSSR count). The minimum Gasteiger partial charge on any atom is -0.309 e. The highest BCUT2D eigenvalue weighted by atomic mass is 15.0. The highest BCUT2D eigenvalue weighted by molar-refractivity contribution is 6.23. The maximum absolute atomic E-state index is 5.37. The van der Waals surface area contributed by atoms with Crippen LogP contribution in [0, 0.1) is 0 Å². The van der Waals surface area contributed by atoms with Gasteiger partial charge in [-0.2, -0.15) is 0 Å². The van der Waals surface area contributed by atoms with E-state index in [-0.39, 0.29) is 0 Å². The summed E-state index contributed by atoms with van der Waals surface area (Å²) in [6.45, 7) is 0. The Morgan fingerprint density at radius 3 is 1.71 bits per heavy atom. The van der Waals surface area contributed by atoms with Gasteiger partial charge in [-0.25, -0.2) is 9.97 Å². The Hall–Kier alpha value is -7.88. The lowest BCUT2D eigenvalue weighted by Crippen LogP contribution is -1.99. The van der Waals surface area contributed by atoms with Gasteiger partial charge in [-0.15, -0.1) is 0 Å². The number of rotatable bonds is 5. The zero-order chi connectivity index (χ0) is 38.9. The van der Waals surface area contributed by atoms with Gasteiger partial charge in [-0.3, -0.25) is 0 Å². The molecule has 274 valence electrons. The number of hydrogen-bond acceptors (Lipinski definition) is 2. The molecule has 0 fully saturated rings. The van der Waals surface area contributed by atoms with Gasteiger partial charge in [0.15, 0.2) is 5.82 Å². The van der Waals surface area contributed by atoms with Crippen molar-refractivity contribution >= 4 is 64.9 Å². The zero-order valence-corrected chi connectivity index (χ0v) is 32.0. The molecule has 0 amide bonds. The maximum atomic E-state index is 5.37. The summed E-state index contributed by atoms with van der Waals surface area (Å²) in [5.74, 6) is 0.692. The molecule has 59 heavy (non-hydrogen) atoms. The first kappa shape index (κ1) is 33.3. The Morgan fingerprint density at radius 1 is 0.322 bits per heavy atom. The van der Waals surface area contributed by atoms with Crippen LogP contribution in [-0.4, -0.2) is 14.5 Å². The van der Waals surface area contributed by atoms with Crippen molar-refractivity contribution in [3.8, 4) is 50.7 Å². The van der Waals surface area contributed by atoms with Gasteiger partial charge in [0, 0.05) is 33.2 Å². The number of hydrogen-bond donors (Lipinski definition) is 0. The summed E-state index contributed by atoms with van der Waals surface area (Å²) in [5, 5.41) is 12.2. The molecule has 0 atom stereocenters. The Balaban J connectivity index is 1.13. The second-order valence-corrected chi connectivity index (χ2v) is 15.3. The van der Waals surface area contributed by atoms with Gasteiger partial charge in [-0.1, -0.05) is 182 Å². The van der Waals surface area contributed by atoms with Crippen molar-refractivity contribution < 1.29 is 0 Å². The second kappa shape index (κ2) is 13.4. The van der Waals surface area contributed by atoms with Crippen molar-refractivity contribution in [1.29, 1.82) is 0 Å². The summed E-state index contributed by atoms with van der Waals surface area (Å²) < 4.78 is 2.38. The molecule has 2 aromatic heterocycles. The van der Waals surface area contributed by atoms with Gasteiger partial charge in [-0.05, 0) is 84.5 Å². The normalized spacial score (nSPS) is 11.7. The van der Waals surface area contributed by atoms with Crippen molar-refractivity contribution in [1.82, 2.24) is 14.5 Å². The Labute approximate surface area is 341 Å². The van der Waals surface area contributed by atoms with Crippen molar-refractivity contribution in [2.24, 2.45) is 0 Å². The standard InChI is InChI=1S/C56H35N3/c1-3-17-37(18-4-1)56-57-51(35-52(58-56)49-28-15-27-48-45-26-13-14-29-53(45)59(55(48)49)39-20-5-2-6-21-39)44-32-33-46(43-25-12-11-24-42(43)44)54-41-23-10-8-19-38(41)34-50-40-22-9-7-16-36(40)30-31-47(50)54/h1-35H. The van der Waals surface area contributed by atoms with Crippen LogP contribution in [0.2, 0.25) is 0 Å². The highest BCUT2D eigenvalue weighted by Crippen LogP contribution is 2.45. The molecular weight excluding hydrogens is 715 g/mol. The summed E-state index contributed by atoms with van der Waals surface area (Å²) in [6.07, 6.45) is 0. The fraction of sp³-hybridized carbons (Fsp3) is 0. The molecule has 0 saturated heterocycles. The average molecular weight is 750 g/mol. The molecule has 0 spiro atoms. The van der Waals surface area contributed by atoms with E-state index in [0.717, 1.165) is 50.2 Å². The second-order valence-electron chi connectivity index (χ2n) is 15.3. The van der Waals surface area contributed by atoms with Gasteiger partial charge in [0.2, 0.25) is 0 Å². The van der Waals surface area contributed by atoms with E-state index in [4.69, 9.17) is 9.97 Å². The molecule has 12 aromatic rings. The van der Waals surface area contributed by atoms with Crippen LogP contribution in [0.3, 0.4) is 0 Å². The zero-order valence-electron chi connectivity index (χ0n) is 32.0.